The molecule has 0 saturated heterocycles. The first-order chi connectivity index (χ1) is 9.11. The summed E-state index contributed by atoms with van der Waals surface area (Å²) in [4.78, 5) is 4.75. The van der Waals surface area contributed by atoms with Gasteiger partial charge in [0.2, 0.25) is 0 Å². The molecule has 0 aromatic carbocycles. The predicted molar refractivity (Wildman–Crippen MR) is 113 cm³/mol. The van der Waals surface area contributed by atoms with E-state index in [0.717, 1.165) is 0 Å². The highest BCUT2D eigenvalue weighted by molar-refractivity contribution is 8.93. The summed E-state index contributed by atoms with van der Waals surface area (Å²) in [6.07, 6.45) is 4.08. The Labute approximate surface area is 157 Å². The summed E-state index contributed by atoms with van der Waals surface area (Å²) in [5.74, 6) is 0. The van der Waals surface area contributed by atoms with E-state index in [0.29, 0.717) is 0 Å². The molecule has 21 heavy (non-hydrogen) atoms. The Morgan fingerprint density at radius 2 is 0.619 bits per heavy atom. The molecule has 0 saturated carbocycles. The van der Waals surface area contributed by atoms with E-state index < -0.39 is 0 Å². The third-order valence-electron chi connectivity index (χ3n) is 3.39. The molecule has 0 bridgehead atoms. The van der Waals surface area contributed by atoms with Crippen LogP contribution in [0.15, 0.2) is 0 Å². The zero-order valence-electron chi connectivity index (χ0n) is 16.1. The molecule has 136 valence electrons. The van der Waals surface area contributed by atoms with E-state index in [9.17, 15) is 0 Å². The van der Waals surface area contributed by atoms with Crippen LogP contribution in [0, 0.1) is 0 Å². The van der Waals surface area contributed by atoms with Gasteiger partial charge in [-0.15, -0.1) is 34.0 Å². The second kappa shape index (κ2) is 32.7. The largest absolute Gasteiger partial charge is 0.304 e. The van der Waals surface area contributed by atoms with E-state index in [2.05, 4.69) is 65.2 Å². The fourth-order valence-electron chi connectivity index (χ4n) is 1.70. The molecule has 0 radical (unpaired) electrons. The summed E-state index contributed by atoms with van der Waals surface area (Å²) in [7, 11) is 0. The van der Waals surface area contributed by atoms with Crippen molar-refractivity contribution in [2.45, 2.75) is 74.7 Å². The van der Waals surface area contributed by atoms with Gasteiger partial charge in [-0.25, -0.2) is 0 Å². The van der Waals surface area contributed by atoms with E-state index >= 15 is 0 Å². The zero-order valence-corrected chi connectivity index (χ0v) is 19.5. The van der Waals surface area contributed by atoms with E-state index in [1.165, 1.54) is 58.5 Å². The van der Waals surface area contributed by atoms with Crippen LogP contribution in [-0.2, 0) is 0 Å². The van der Waals surface area contributed by atoms with Crippen molar-refractivity contribution >= 4 is 34.0 Å². The Morgan fingerprint density at radius 3 is 0.619 bits per heavy atom. The van der Waals surface area contributed by atoms with Crippen molar-refractivity contribution in [3.05, 3.63) is 0 Å². The van der Waals surface area contributed by atoms with Crippen LogP contribution in [0.2, 0.25) is 0 Å². The lowest BCUT2D eigenvalue weighted by atomic mass is 10.3. The van der Waals surface area contributed by atoms with Gasteiger partial charge in [0.15, 0.2) is 0 Å². The summed E-state index contributed by atoms with van der Waals surface area (Å²) >= 11 is 0. The summed E-state index contributed by atoms with van der Waals surface area (Å²) < 4.78 is 0. The van der Waals surface area contributed by atoms with Gasteiger partial charge in [-0.1, -0.05) is 74.7 Å². The molecule has 0 aliphatic rings. The third-order valence-corrected chi connectivity index (χ3v) is 3.39. The molecule has 0 rings (SSSR count). The van der Waals surface area contributed by atoms with E-state index in [4.69, 9.17) is 0 Å². The Hall–Kier alpha value is 0.880. The molecule has 0 unspecified atom stereocenters. The second-order valence-corrected chi connectivity index (χ2v) is 4.59. The molecule has 0 aromatic rings. The quantitative estimate of drug-likeness (QED) is 0.457. The Kier molecular flexibility index (Phi) is 52.2. The van der Waals surface area contributed by atoms with Gasteiger partial charge in [-0.3, -0.25) is 0 Å². The van der Waals surface area contributed by atoms with Crippen LogP contribution in [0.4, 0.5) is 0 Å². The van der Waals surface area contributed by atoms with Crippen molar-refractivity contribution in [2.75, 3.05) is 39.3 Å². The Balaban J connectivity index is -0.0000000590. The van der Waals surface area contributed by atoms with Crippen LogP contribution in [0.3, 0.4) is 0 Å². The normalized spacial score (nSPS) is 8.86. The van der Waals surface area contributed by atoms with Gasteiger partial charge in [0.05, 0.1) is 0 Å². The molecule has 0 fully saturated rings. The molecule has 4 heteroatoms. The maximum absolute atomic E-state index is 2.38. The van der Waals surface area contributed by atoms with Crippen molar-refractivity contribution in [1.29, 1.82) is 0 Å². The fraction of sp³-hybridized carbons (Fsp3) is 1.00. The smallest absolute Gasteiger partial charge is 0.00474 e. The standard InChI is InChI=1S/2C6H15N.C5H12.2BrH/c2*1-4-7(5-2)6-3;1-3-5-4-2;;/h2*4-6H2,1-3H3;3-5H2,1-2H3;2*1H. The summed E-state index contributed by atoms with van der Waals surface area (Å²) in [6, 6.07) is 0. The predicted octanol–water partition coefficient (Wildman–Crippen LogP) is 6.05. The maximum Gasteiger partial charge on any atom is -0.00474 e. The lowest BCUT2D eigenvalue weighted by Gasteiger charge is -2.13. The minimum Gasteiger partial charge on any atom is -0.304 e. The van der Waals surface area contributed by atoms with Gasteiger partial charge in [0, 0.05) is 0 Å². The Bertz CT molecular complexity index is 103. The number of hydrogen-bond acceptors (Lipinski definition) is 2. The van der Waals surface area contributed by atoms with Gasteiger partial charge in [0.1, 0.15) is 0 Å². The van der Waals surface area contributed by atoms with Crippen LogP contribution in [0.1, 0.15) is 74.7 Å². The fourth-order valence-corrected chi connectivity index (χ4v) is 1.70. The number of unbranched alkanes of at least 4 members (excludes halogenated alkanes) is 2. The second-order valence-electron chi connectivity index (χ2n) is 4.59. The molecular weight excluding hydrogens is 392 g/mol. The monoisotopic (exact) mass is 434 g/mol. The molecule has 2 nitrogen and oxygen atoms in total. The summed E-state index contributed by atoms with van der Waals surface area (Å²) in [5, 5.41) is 0. The average molecular weight is 436 g/mol. The molecule has 0 N–H and O–H groups in total. The highest BCUT2D eigenvalue weighted by Crippen LogP contribution is 1.88. The van der Waals surface area contributed by atoms with Crippen molar-refractivity contribution in [1.82, 2.24) is 9.80 Å². The van der Waals surface area contributed by atoms with Gasteiger partial charge in [0.25, 0.3) is 0 Å². The molecular formula is C17H44Br2N2. The van der Waals surface area contributed by atoms with Crippen molar-refractivity contribution < 1.29 is 0 Å². The van der Waals surface area contributed by atoms with E-state index in [1.807, 2.05) is 0 Å². The lowest BCUT2D eigenvalue weighted by molar-refractivity contribution is 0.321. The topological polar surface area (TPSA) is 6.48 Å². The summed E-state index contributed by atoms with van der Waals surface area (Å²) in [5.41, 5.74) is 0. The van der Waals surface area contributed by atoms with Crippen molar-refractivity contribution in [3.63, 3.8) is 0 Å². The van der Waals surface area contributed by atoms with Crippen molar-refractivity contribution in [2.24, 2.45) is 0 Å². The molecule has 0 aromatic heterocycles. The van der Waals surface area contributed by atoms with Crippen LogP contribution < -0.4 is 0 Å². The van der Waals surface area contributed by atoms with Gasteiger partial charge in [-0.05, 0) is 39.3 Å². The number of rotatable bonds is 8. The number of halogens is 2. The van der Waals surface area contributed by atoms with Crippen LogP contribution >= 0.6 is 34.0 Å². The molecule has 0 amide bonds. The van der Waals surface area contributed by atoms with E-state index in [-0.39, 0.29) is 34.0 Å². The first-order valence-electron chi connectivity index (χ1n) is 8.55. The summed E-state index contributed by atoms with van der Waals surface area (Å²) in [6.45, 7) is 24.7. The molecule has 0 aliphatic carbocycles. The van der Waals surface area contributed by atoms with Crippen LogP contribution in [0.5, 0.6) is 0 Å². The number of hydrogen-bond donors (Lipinski definition) is 0. The lowest BCUT2D eigenvalue weighted by Crippen LogP contribution is -2.21. The minimum atomic E-state index is 0. The highest BCUT2D eigenvalue weighted by Gasteiger charge is 1.89. The van der Waals surface area contributed by atoms with E-state index in [1.54, 1.807) is 0 Å². The minimum absolute atomic E-state index is 0. The first kappa shape index (κ1) is 33.5. The van der Waals surface area contributed by atoms with Gasteiger partial charge < -0.3 is 9.80 Å². The average Bonchev–Trinajstić information content (AvgIpc) is 2.45. The molecule has 0 spiro atoms. The highest BCUT2D eigenvalue weighted by atomic mass is 79.9. The molecule has 0 atom stereocenters. The zero-order chi connectivity index (χ0) is 15.5. The maximum atomic E-state index is 2.38. The van der Waals surface area contributed by atoms with Crippen LogP contribution in [-0.4, -0.2) is 49.1 Å². The number of nitrogens with zero attached hydrogens (tertiary/aromatic N) is 2. The SMILES string of the molecule is Br.Br.CCCCC.CCN(CC)CC.CCN(CC)CC. The van der Waals surface area contributed by atoms with Gasteiger partial charge >= 0.3 is 0 Å². The van der Waals surface area contributed by atoms with Crippen molar-refractivity contribution in [3.8, 4) is 0 Å². The van der Waals surface area contributed by atoms with Gasteiger partial charge in [-0.2, -0.15) is 0 Å². The molecule has 0 heterocycles. The molecule has 0 aliphatic heterocycles. The Morgan fingerprint density at radius 1 is 0.429 bits per heavy atom. The van der Waals surface area contributed by atoms with Crippen LogP contribution in [0.25, 0.3) is 0 Å². The first-order valence-corrected chi connectivity index (χ1v) is 8.55. The third kappa shape index (κ3) is 33.6.